The van der Waals surface area contributed by atoms with Crippen LogP contribution in [0.3, 0.4) is 0 Å². The third-order valence-corrected chi connectivity index (χ3v) is 4.06. The number of ether oxygens (including phenoxy) is 1. The standard InChI is InChI=1S/C16H23NOS/c1-11(2)14-5-4-13(8-12(14)3)18-10-16(6-7-16)9-15(17)19/h4-5,8,11H,6-7,9-10H2,1-3H3,(H2,17,19). The molecule has 3 heteroatoms. The van der Waals surface area contributed by atoms with E-state index in [1.165, 1.54) is 24.0 Å². The zero-order valence-electron chi connectivity index (χ0n) is 12.0. The van der Waals surface area contributed by atoms with Gasteiger partial charge in [-0.1, -0.05) is 32.1 Å². The third-order valence-electron chi connectivity index (χ3n) is 3.91. The zero-order chi connectivity index (χ0) is 14.0. The Bertz CT molecular complexity index is 478. The van der Waals surface area contributed by atoms with Gasteiger partial charge in [0.15, 0.2) is 0 Å². The molecule has 0 bridgehead atoms. The molecule has 0 heterocycles. The van der Waals surface area contributed by atoms with Gasteiger partial charge in [-0.05, 0) is 48.9 Å². The molecule has 0 spiro atoms. The Labute approximate surface area is 121 Å². The van der Waals surface area contributed by atoms with Gasteiger partial charge in [-0.2, -0.15) is 0 Å². The molecule has 1 aromatic rings. The Morgan fingerprint density at radius 2 is 2.11 bits per heavy atom. The van der Waals surface area contributed by atoms with Gasteiger partial charge in [0.1, 0.15) is 5.75 Å². The molecule has 0 unspecified atom stereocenters. The van der Waals surface area contributed by atoms with Gasteiger partial charge in [0.25, 0.3) is 0 Å². The van der Waals surface area contributed by atoms with Crippen LogP contribution in [-0.2, 0) is 0 Å². The molecule has 1 fully saturated rings. The lowest BCUT2D eigenvalue weighted by Gasteiger charge is -2.17. The summed E-state index contributed by atoms with van der Waals surface area (Å²) in [5, 5.41) is 0. The summed E-state index contributed by atoms with van der Waals surface area (Å²) in [6.45, 7) is 7.30. The van der Waals surface area contributed by atoms with Crippen LogP contribution < -0.4 is 10.5 Å². The molecule has 0 atom stereocenters. The van der Waals surface area contributed by atoms with E-state index in [2.05, 4.69) is 39.0 Å². The van der Waals surface area contributed by atoms with Crippen molar-refractivity contribution in [2.75, 3.05) is 6.61 Å². The minimum absolute atomic E-state index is 0.219. The van der Waals surface area contributed by atoms with Gasteiger partial charge in [0, 0.05) is 11.8 Å². The molecule has 2 rings (SSSR count). The highest BCUT2D eigenvalue weighted by atomic mass is 32.1. The Hall–Kier alpha value is -1.09. The summed E-state index contributed by atoms with van der Waals surface area (Å²) in [4.78, 5) is 0.604. The van der Waals surface area contributed by atoms with E-state index in [0.29, 0.717) is 10.9 Å². The van der Waals surface area contributed by atoms with Crippen molar-refractivity contribution in [2.24, 2.45) is 11.1 Å². The van der Waals surface area contributed by atoms with Crippen molar-refractivity contribution in [1.29, 1.82) is 0 Å². The number of thiocarbonyl (C=S) groups is 1. The molecule has 0 radical (unpaired) electrons. The van der Waals surface area contributed by atoms with Gasteiger partial charge in [-0.15, -0.1) is 0 Å². The topological polar surface area (TPSA) is 35.2 Å². The quantitative estimate of drug-likeness (QED) is 0.800. The lowest BCUT2D eigenvalue weighted by Crippen LogP contribution is -2.21. The van der Waals surface area contributed by atoms with Crippen molar-refractivity contribution in [1.82, 2.24) is 0 Å². The fraction of sp³-hybridized carbons (Fsp3) is 0.562. The summed E-state index contributed by atoms with van der Waals surface area (Å²) in [6, 6.07) is 6.37. The van der Waals surface area contributed by atoms with Crippen molar-refractivity contribution >= 4 is 17.2 Å². The molecule has 0 amide bonds. The summed E-state index contributed by atoms with van der Waals surface area (Å²) in [5.41, 5.74) is 8.54. The summed E-state index contributed by atoms with van der Waals surface area (Å²) in [7, 11) is 0. The summed E-state index contributed by atoms with van der Waals surface area (Å²) >= 11 is 5.00. The smallest absolute Gasteiger partial charge is 0.119 e. The number of rotatable bonds is 6. The second-order valence-electron chi connectivity index (χ2n) is 6.10. The molecule has 1 aliphatic rings. The molecule has 104 valence electrons. The molecule has 0 saturated heterocycles. The molecular formula is C16H23NOS. The van der Waals surface area contributed by atoms with Crippen LogP contribution in [0.25, 0.3) is 0 Å². The third kappa shape index (κ3) is 3.69. The minimum atomic E-state index is 0.219. The van der Waals surface area contributed by atoms with Crippen LogP contribution in [0.15, 0.2) is 18.2 Å². The van der Waals surface area contributed by atoms with Crippen LogP contribution in [0, 0.1) is 12.3 Å². The maximum Gasteiger partial charge on any atom is 0.119 e. The lowest BCUT2D eigenvalue weighted by atomic mass is 9.98. The molecule has 2 N–H and O–H groups in total. The van der Waals surface area contributed by atoms with Crippen molar-refractivity contribution < 1.29 is 4.74 Å². The van der Waals surface area contributed by atoms with E-state index in [1.54, 1.807) is 0 Å². The fourth-order valence-corrected chi connectivity index (χ4v) is 2.85. The number of aryl methyl sites for hydroxylation is 1. The first-order chi connectivity index (χ1) is 8.92. The first-order valence-electron chi connectivity index (χ1n) is 6.93. The first kappa shape index (κ1) is 14.3. The molecule has 19 heavy (non-hydrogen) atoms. The number of benzene rings is 1. The van der Waals surface area contributed by atoms with E-state index in [-0.39, 0.29) is 5.41 Å². The summed E-state index contributed by atoms with van der Waals surface area (Å²) in [6.07, 6.45) is 3.16. The summed E-state index contributed by atoms with van der Waals surface area (Å²) < 4.78 is 5.93. The molecule has 2 nitrogen and oxygen atoms in total. The second kappa shape index (κ2) is 5.49. The highest BCUT2D eigenvalue weighted by Gasteiger charge is 2.43. The van der Waals surface area contributed by atoms with Crippen molar-refractivity contribution in [3.05, 3.63) is 29.3 Å². The van der Waals surface area contributed by atoms with Crippen molar-refractivity contribution in [2.45, 2.75) is 46.0 Å². The van der Waals surface area contributed by atoms with Crippen LogP contribution in [0.4, 0.5) is 0 Å². The average molecular weight is 277 g/mol. The molecule has 1 saturated carbocycles. The van der Waals surface area contributed by atoms with Gasteiger partial charge in [0.2, 0.25) is 0 Å². The Morgan fingerprint density at radius 3 is 2.58 bits per heavy atom. The SMILES string of the molecule is Cc1cc(OCC2(CC(N)=S)CC2)ccc1C(C)C. The van der Waals surface area contributed by atoms with Gasteiger partial charge in [-0.25, -0.2) is 0 Å². The molecule has 1 aromatic carbocycles. The molecular weight excluding hydrogens is 254 g/mol. The highest BCUT2D eigenvalue weighted by Crippen LogP contribution is 2.49. The van der Waals surface area contributed by atoms with Gasteiger partial charge >= 0.3 is 0 Å². The van der Waals surface area contributed by atoms with E-state index in [4.69, 9.17) is 22.7 Å². The largest absolute Gasteiger partial charge is 0.493 e. The van der Waals surface area contributed by atoms with Crippen molar-refractivity contribution in [3.8, 4) is 5.75 Å². The average Bonchev–Trinajstić information content (AvgIpc) is 3.05. The van der Waals surface area contributed by atoms with Gasteiger partial charge < -0.3 is 10.5 Å². The monoisotopic (exact) mass is 277 g/mol. The first-order valence-corrected chi connectivity index (χ1v) is 7.34. The van der Waals surface area contributed by atoms with Crippen LogP contribution in [-0.4, -0.2) is 11.6 Å². The molecule has 0 aromatic heterocycles. The van der Waals surface area contributed by atoms with E-state index in [1.807, 2.05) is 0 Å². The maximum atomic E-state index is 5.93. The maximum absolute atomic E-state index is 5.93. The number of hydrogen-bond acceptors (Lipinski definition) is 2. The number of hydrogen-bond donors (Lipinski definition) is 1. The second-order valence-corrected chi connectivity index (χ2v) is 6.63. The molecule has 1 aliphatic carbocycles. The lowest BCUT2D eigenvalue weighted by molar-refractivity contribution is 0.239. The fourth-order valence-electron chi connectivity index (χ4n) is 2.54. The predicted molar refractivity (Wildman–Crippen MR) is 83.8 cm³/mol. The highest BCUT2D eigenvalue weighted by molar-refractivity contribution is 7.80. The van der Waals surface area contributed by atoms with Crippen molar-refractivity contribution in [3.63, 3.8) is 0 Å². The normalized spacial score (nSPS) is 16.4. The number of nitrogens with two attached hydrogens (primary N) is 1. The summed E-state index contributed by atoms with van der Waals surface area (Å²) in [5.74, 6) is 1.51. The predicted octanol–water partition coefficient (Wildman–Crippen LogP) is 3.95. The van der Waals surface area contributed by atoms with Gasteiger partial charge in [-0.3, -0.25) is 0 Å². The van der Waals surface area contributed by atoms with E-state index in [9.17, 15) is 0 Å². The Morgan fingerprint density at radius 1 is 1.42 bits per heavy atom. The van der Waals surface area contributed by atoms with E-state index < -0.39 is 0 Å². The molecule has 0 aliphatic heterocycles. The minimum Gasteiger partial charge on any atom is -0.493 e. The van der Waals surface area contributed by atoms with Crippen LogP contribution in [0.5, 0.6) is 5.75 Å². The van der Waals surface area contributed by atoms with Crippen LogP contribution in [0.2, 0.25) is 0 Å². The zero-order valence-corrected chi connectivity index (χ0v) is 12.8. The Kier molecular flexibility index (Phi) is 4.14. The van der Waals surface area contributed by atoms with E-state index in [0.717, 1.165) is 18.8 Å². The van der Waals surface area contributed by atoms with Gasteiger partial charge in [0.05, 0.1) is 11.6 Å². The van der Waals surface area contributed by atoms with E-state index >= 15 is 0 Å². The van der Waals surface area contributed by atoms with Crippen LogP contribution >= 0.6 is 12.2 Å². The Balaban J connectivity index is 1.97. The van der Waals surface area contributed by atoms with Crippen LogP contribution in [0.1, 0.15) is 50.2 Å².